The van der Waals surface area contributed by atoms with Crippen molar-refractivity contribution in [1.82, 2.24) is 19.9 Å². The molecule has 2 heterocycles. The predicted octanol–water partition coefficient (Wildman–Crippen LogP) is 3.66. The molecule has 8 nitrogen and oxygen atoms in total. The maximum Gasteiger partial charge on any atom is 0.418 e. The summed E-state index contributed by atoms with van der Waals surface area (Å²) in [5.41, 5.74) is 3.69. The first kappa shape index (κ1) is 26.0. The van der Waals surface area contributed by atoms with Crippen LogP contribution in [0.25, 0.3) is 16.8 Å². The summed E-state index contributed by atoms with van der Waals surface area (Å²) in [5, 5.41) is 27.7. The van der Waals surface area contributed by atoms with E-state index in [1.807, 2.05) is 0 Å². The normalized spacial score (nSPS) is 14.4. The third-order valence-electron chi connectivity index (χ3n) is 6.05. The number of halogens is 4. The highest BCUT2D eigenvalue weighted by molar-refractivity contribution is 5.97. The van der Waals surface area contributed by atoms with Gasteiger partial charge in [-0.05, 0) is 49.2 Å². The number of hydrogen-bond donors (Lipinski definition) is 4. The van der Waals surface area contributed by atoms with Crippen molar-refractivity contribution in [3.63, 3.8) is 0 Å². The van der Waals surface area contributed by atoms with Crippen LogP contribution in [0.4, 0.5) is 23.4 Å². The van der Waals surface area contributed by atoms with Gasteiger partial charge in [-0.3, -0.25) is 4.79 Å². The summed E-state index contributed by atoms with van der Waals surface area (Å²) in [4.78, 5) is 16.7. The van der Waals surface area contributed by atoms with E-state index in [0.29, 0.717) is 5.56 Å². The fourth-order valence-electron chi connectivity index (χ4n) is 3.97. The number of aromatic nitrogens is 3. The van der Waals surface area contributed by atoms with E-state index in [1.165, 1.54) is 25.1 Å². The zero-order valence-corrected chi connectivity index (χ0v) is 19.7. The van der Waals surface area contributed by atoms with Gasteiger partial charge in [0.05, 0.1) is 11.3 Å². The van der Waals surface area contributed by atoms with Gasteiger partial charge >= 0.3 is 6.18 Å². The van der Waals surface area contributed by atoms with Gasteiger partial charge < -0.3 is 21.3 Å². The quantitative estimate of drug-likeness (QED) is 0.289. The SMILES string of the molecule is Cc1ccc(-c2cc(C(F)(F)F)c3c(N)ncnn23)cc1C(=O)NCC(C)(O)C(O)c1ccc(F)cc1. The highest BCUT2D eigenvalue weighted by Gasteiger charge is 2.37. The monoisotopic (exact) mass is 517 g/mol. The number of alkyl halides is 3. The van der Waals surface area contributed by atoms with E-state index in [-0.39, 0.29) is 34.7 Å². The number of carbonyl (C=O) groups is 1. The van der Waals surface area contributed by atoms with E-state index in [0.717, 1.165) is 29.0 Å². The highest BCUT2D eigenvalue weighted by Crippen LogP contribution is 2.38. The number of hydrogen-bond acceptors (Lipinski definition) is 6. The van der Waals surface area contributed by atoms with Gasteiger partial charge in [0.2, 0.25) is 0 Å². The molecule has 0 aliphatic rings. The fraction of sp³-hybridized carbons (Fsp3) is 0.240. The van der Waals surface area contributed by atoms with Gasteiger partial charge in [0.25, 0.3) is 5.91 Å². The molecule has 4 rings (SSSR count). The van der Waals surface area contributed by atoms with Crippen LogP contribution >= 0.6 is 0 Å². The fourth-order valence-corrected chi connectivity index (χ4v) is 3.97. The van der Waals surface area contributed by atoms with E-state index in [4.69, 9.17) is 5.73 Å². The van der Waals surface area contributed by atoms with E-state index < -0.39 is 40.7 Å². The van der Waals surface area contributed by atoms with Crippen LogP contribution in [0, 0.1) is 12.7 Å². The Labute approximate surface area is 208 Å². The molecule has 5 N–H and O–H groups in total. The molecule has 0 saturated heterocycles. The van der Waals surface area contributed by atoms with Crippen molar-refractivity contribution in [3.05, 3.63) is 82.9 Å². The number of aryl methyl sites for hydroxylation is 1. The highest BCUT2D eigenvalue weighted by atomic mass is 19.4. The second-order valence-corrected chi connectivity index (χ2v) is 8.87. The molecule has 0 radical (unpaired) electrons. The van der Waals surface area contributed by atoms with Crippen LogP contribution in [0.1, 0.15) is 40.1 Å². The number of aliphatic hydroxyl groups is 2. The molecule has 0 spiro atoms. The van der Waals surface area contributed by atoms with Crippen molar-refractivity contribution in [2.45, 2.75) is 31.7 Å². The summed E-state index contributed by atoms with van der Waals surface area (Å²) < 4.78 is 55.2. The number of rotatable bonds is 6. The average Bonchev–Trinajstić information content (AvgIpc) is 3.25. The predicted molar refractivity (Wildman–Crippen MR) is 127 cm³/mol. The van der Waals surface area contributed by atoms with Crippen LogP contribution in [-0.4, -0.2) is 42.9 Å². The number of amides is 1. The third kappa shape index (κ3) is 5.11. The Morgan fingerprint density at radius 3 is 2.49 bits per heavy atom. The van der Waals surface area contributed by atoms with Gasteiger partial charge in [0.15, 0.2) is 5.82 Å². The number of carbonyl (C=O) groups excluding carboxylic acids is 1. The number of aliphatic hydroxyl groups excluding tert-OH is 1. The molecule has 0 bridgehead atoms. The lowest BCUT2D eigenvalue weighted by Crippen LogP contribution is -2.45. The number of nitrogen functional groups attached to an aromatic ring is 1. The topological polar surface area (TPSA) is 126 Å². The Morgan fingerprint density at radius 1 is 1.16 bits per heavy atom. The Balaban J connectivity index is 1.63. The Morgan fingerprint density at radius 2 is 1.84 bits per heavy atom. The van der Waals surface area contributed by atoms with Gasteiger partial charge in [-0.15, -0.1) is 0 Å². The molecule has 4 aromatic rings. The largest absolute Gasteiger partial charge is 0.418 e. The van der Waals surface area contributed by atoms with E-state index in [1.54, 1.807) is 19.1 Å². The van der Waals surface area contributed by atoms with Crippen molar-refractivity contribution < 1.29 is 32.6 Å². The molecule has 194 valence electrons. The second-order valence-electron chi connectivity index (χ2n) is 8.87. The molecule has 0 fully saturated rings. The van der Waals surface area contributed by atoms with Gasteiger partial charge in [0.1, 0.15) is 29.4 Å². The smallest absolute Gasteiger partial charge is 0.385 e. The first-order valence-electron chi connectivity index (χ1n) is 11.0. The number of anilines is 1. The van der Waals surface area contributed by atoms with Gasteiger partial charge in [-0.25, -0.2) is 13.9 Å². The van der Waals surface area contributed by atoms with Crippen molar-refractivity contribution >= 4 is 17.2 Å². The van der Waals surface area contributed by atoms with E-state index in [2.05, 4.69) is 15.4 Å². The second kappa shape index (κ2) is 9.45. The van der Waals surface area contributed by atoms with Gasteiger partial charge in [0, 0.05) is 17.7 Å². The number of nitrogens with zero attached hydrogens (tertiary/aromatic N) is 3. The van der Waals surface area contributed by atoms with Crippen molar-refractivity contribution in [2.24, 2.45) is 0 Å². The lowest BCUT2D eigenvalue weighted by Gasteiger charge is -2.29. The van der Waals surface area contributed by atoms with Crippen molar-refractivity contribution in [3.8, 4) is 11.3 Å². The van der Waals surface area contributed by atoms with Crippen LogP contribution in [0.2, 0.25) is 0 Å². The standard InChI is InChI=1S/C25H23F4N5O3/c1-13-3-4-15(19-10-18(25(27,28)29)20-22(30)32-12-33-34(19)20)9-17(13)23(36)31-11-24(2,37)21(35)14-5-7-16(26)8-6-14/h3-10,12,21,35,37H,11H2,1-2H3,(H,31,36)(H2,30,32,33). The molecule has 12 heteroatoms. The molecule has 0 saturated carbocycles. The lowest BCUT2D eigenvalue weighted by atomic mass is 9.92. The molecule has 2 aromatic heterocycles. The molecular weight excluding hydrogens is 494 g/mol. The van der Waals surface area contributed by atoms with E-state index >= 15 is 0 Å². The van der Waals surface area contributed by atoms with Crippen molar-refractivity contribution in [2.75, 3.05) is 12.3 Å². The summed E-state index contributed by atoms with van der Waals surface area (Å²) >= 11 is 0. The van der Waals surface area contributed by atoms with Crippen LogP contribution in [0.3, 0.4) is 0 Å². The molecule has 2 atom stereocenters. The van der Waals surface area contributed by atoms with Gasteiger partial charge in [-0.1, -0.05) is 24.3 Å². The summed E-state index contributed by atoms with van der Waals surface area (Å²) in [7, 11) is 0. The first-order valence-corrected chi connectivity index (χ1v) is 11.0. The van der Waals surface area contributed by atoms with Crippen molar-refractivity contribution in [1.29, 1.82) is 0 Å². The van der Waals surface area contributed by atoms with Crippen LogP contribution < -0.4 is 11.1 Å². The van der Waals surface area contributed by atoms with Crippen LogP contribution in [0.15, 0.2) is 54.9 Å². The average molecular weight is 517 g/mol. The molecule has 1 amide bonds. The minimum atomic E-state index is -4.72. The maximum atomic E-state index is 13.7. The molecular formula is C25H23F4N5O3. The minimum absolute atomic E-state index is 0.0456. The molecule has 0 aliphatic carbocycles. The Kier molecular flexibility index (Phi) is 6.65. The molecule has 2 unspecified atom stereocenters. The molecule has 2 aromatic carbocycles. The number of nitrogens with one attached hydrogen (secondary N) is 1. The lowest BCUT2D eigenvalue weighted by molar-refractivity contribution is -0.136. The zero-order chi connectivity index (χ0) is 27.1. The van der Waals surface area contributed by atoms with Crippen LogP contribution in [0.5, 0.6) is 0 Å². The maximum absolute atomic E-state index is 13.7. The zero-order valence-electron chi connectivity index (χ0n) is 19.7. The Hall–Kier alpha value is -4.03. The van der Waals surface area contributed by atoms with E-state index in [9.17, 15) is 32.6 Å². The van der Waals surface area contributed by atoms with Gasteiger partial charge in [-0.2, -0.15) is 18.3 Å². The molecule has 37 heavy (non-hydrogen) atoms. The number of benzene rings is 2. The minimum Gasteiger partial charge on any atom is -0.385 e. The summed E-state index contributed by atoms with van der Waals surface area (Å²) in [5.74, 6) is -1.48. The summed E-state index contributed by atoms with van der Waals surface area (Å²) in [6, 6.07) is 10.3. The molecule has 0 aliphatic heterocycles. The van der Waals surface area contributed by atoms with Crippen LogP contribution in [-0.2, 0) is 6.18 Å². The third-order valence-corrected chi connectivity index (χ3v) is 6.05. The first-order chi connectivity index (χ1) is 17.3. The summed E-state index contributed by atoms with van der Waals surface area (Å²) in [6.07, 6.45) is -5.12. The number of fused-ring (bicyclic) bond motifs is 1. The number of nitrogens with two attached hydrogens (primary N) is 1. The Bertz CT molecular complexity index is 1470. The summed E-state index contributed by atoms with van der Waals surface area (Å²) in [6.45, 7) is 2.58.